The molecule has 4 heteroatoms. The molecule has 0 aromatic heterocycles. The predicted octanol–water partition coefficient (Wildman–Crippen LogP) is 3.24. The number of nitrogens with one attached hydrogen (secondary N) is 1. The lowest BCUT2D eigenvalue weighted by Crippen LogP contribution is -2.56. The van der Waals surface area contributed by atoms with Gasteiger partial charge in [0.05, 0.1) is 0 Å². The number of piperidine rings is 1. The van der Waals surface area contributed by atoms with Crippen LogP contribution in [0.1, 0.15) is 45.4 Å². The molecule has 0 aromatic carbocycles. The summed E-state index contributed by atoms with van der Waals surface area (Å²) in [6.07, 6.45) is 7.80. The zero-order chi connectivity index (χ0) is 11.9. The van der Waals surface area contributed by atoms with Gasteiger partial charge in [-0.3, -0.25) is 0 Å². The van der Waals surface area contributed by atoms with Crippen molar-refractivity contribution in [1.82, 2.24) is 5.32 Å². The van der Waals surface area contributed by atoms with Gasteiger partial charge in [-0.15, -0.1) is 0 Å². The zero-order valence-electron chi connectivity index (χ0n) is 10.6. The van der Waals surface area contributed by atoms with Gasteiger partial charge >= 0.3 is 0 Å². The Kier molecular flexibility index (Phi) is 2.80. The molecule has 1 aliphatic heterocycles. The van der Waals surface area contributed by atoms with E-state index < -0.39 is 0 Å². The molecule has 2 aliphatic carbocycles. The van der Waals surface area contributed by atoms with Crippen molar-refractivity contribution in [3.8, 4) is 0 Å². The van der Waals surface area contributed by atoms with Gasteiger partial charge in [0.1, 0.15) is 0 Å². The summed E-state index contributed by atoms with van der Waals surface area (Å²) in [6.45, 7) is 3.54. The Labute approximate surface area is 103 Å². The fourth-order valence-electron chi connectivity index (χ4n) is 4.19. The van der Waals surface area contributed by atoms with Gasteiger partial charge < -0.3 is 5.32 Å². The molecule has 0 bridgehead atoms. The molecular weight excluding hydrogens is 212 g/mol. The Balaban J connectivity index is 1.45. The standard InChI is InChI=1S/C13H22N4/c1-9-2-3-12(15-8-9)10-4-13(5-10)6-11(7-13)16-17-14/h9-12,15H,2-8H2,1H3/t9-,10?,11?,12+,13?/m1/s1. The summed E-state index contributed by atoms with van der Waals surface area (Å²) < 4.78 is 0. The van der Waals surface area contributed by atoms with Crippen LogP contribution in [0.2, 0.25) is 0 Å². The van der Waals surface area contributed by atoms with E-state index in [1.807, 2.05) is 0 Å². The minimum Gasteiger partial charge on any atom is -0.313 e. The highest BCUT2D eigenvalue weighted by Crippen LogP contribution is 2.60. The monoisotopic (exact) mass is 234 g/mol. The van der Waals surface area contributed by atoms with Crippen molar-refractivity contribution in [3.63, 3.8) is 0 Å². The summed E-state index contributed by atoms with van der Waals surface area (Å²) in [5.74, 6) is 1.76. The highest BCUT2D eigenvalue weighted by Gasteiger charge is 2.54. The van der Waals surface area contributed by atoms with Crippen LogP contribution in [0, 0.1) is 17.3 Å². The second-order valence-electron chi connectivity index (χ2n) is 6.63. The molecule has 1 N–H and O–H groups in total. The molecule has 2 atom stereocenters. The quantitative estimate of drug-likeness (QED) is 0.445. The Morgan fingerprint density at radius 1 is 1.24 bits per heavy atom. The molecule has 0 amide bonds. The summed E-state index contributed by atoms with van der Waals surface area (Å²) in [6, 6.07) is 1.08. The van der Waals surface area contributed by atoms with Gasteiger partial charge in [-0.05, 0) is 67.9 Å². The van der Waals surface area contributed by atoms with E-state index in [-0.39, 0.29) is 0 Å². The average Bonchev–Trinajstić information content (AvgIpc) is 2.21. The van der Waals surface area contributed by atoms with Crippen LogP contribution >= 0.6 is 0 Å². The first-order chi connectivity index (χ1) is 8.21. The molecule has 3 aliphatic rings. The fourth-order valence-corrected chi connectivity index (χ4v) is 4.19. The Bertz CT molecular complexity index is 325. The van der Waals surface area contributed by atoms with E-state index in [2.05, 4.69) is 22.3 Å². The van der Waals surface area contributed by atoms with Gasteiger partial charge in [0, 0.05) is 17.0 Å². The number of hydrogen-bond acceptors (Lipinski definition) is 2. The van der Waals surface area contributed by atoms with Gasteiger partial charge in [-0.1, -0.05) is 12.0 Å². The zero-order valence-corrected chi connectivity index (χ0v) is 10.6. The first-order valence-corrected chi connectivity index (χ1v) is 6.98. The summed E-state index contributed by atoms with van der Waals surface area (Å²) in [5.41, 5.74) is 8.97. The summed E-state index contributed by atoms with van der Waals surface area (Å²) in [4.78, 5) is 2.91. The lowest BCUT2D eigenvalue weighted by atomic mass is 9.48. The van der Waals surface area contributed by atoms with Gasteiger partial charge in [0.25, 0.3) is 0 Å². The van der Waals surface area contributed by atoms with Crippen molar-refractivity contribution in [2.24, 2.45) is 22.4 Å². The molecular formula is C13H22N4. The third-order valence-electron chi connectivity index (χ3n) is 5.21. The SMILES string of the molecule is C[C@@H]1CC[C@@H](C2CC3(CC(N=[N+]=[N-])C3)C2)NC1. The lowest BCUT2D eigenvalue weighted by Gasteiger charge is -2.59. The van der Waals surface area contributed by atoms with E-state index in [4.69, 9.17) is 5.53 Å². The molecule has 0 aromatic rings. The third kappa shape index (κ3) is 2.04. The molecule has 94 valence electrons. The van der Waals surface area contributed by atoms with Crippen molar-refractivity contribution in [2.45, 2.75) is 57.5 Å². The maximum atomic E-state index is 8.39. The minimum absolute atomic E-state index is 0.306. The normalized spacial score (nSPS) is 49.0. The van der Waals surface area contributed by atoms with E-state index in [0.717, 1.165) is 30.7 Å². The van der Waals surface area contributed by atoms with E-state index in [9.17, 15) is 0 Å². The average molecular weight is 234 g/mol. The van der Waals surface area contributed by atoms with Crippen molar-refractivity contribution in [3.05, 3.63) is 10.4 Å². The topological polar surface area (TPSA) is 60.8 Å². The van der Waals surface area contributed by atoms with Crippen LogP contribution in [-0.4, -0.2) is 18.6 Å². The van der Waals surface area contributed by atoms with Crippen LogP contribution in [0.4, 0.5) is 0 Å². The maximum absolute atomic E-state index is 8.39. The van der Waals surface area contributed by atoms with Gasteiger partial charge in [0.2, 0.25) is 0 Å². The maximum Gasteiger partial charge on any atom is 0.0384 e. The first-order valence-electron chi connectivity index (χ1n) is 6.98. The fraction of sp³-hybridized carbons (Fsp3) is 1.00. The van der Waals surface area contributed by atoms with Gasteiger partial charge in [-0.2, -0.15) is 0 Å². The second kappa shape index (κ2) is 4.18. The summed E-state index contributed by atoms with van der Waals surface area (Å²) in [5, 5.41) is 7.53. The Hall–Kier alpha value is -0.730. The van der Waals surface area contributed by atoms with Crippen LogP contribution in [0.5, 0.6) is 0 Å². The molecule has 1 saturated heterocycles. The van der Waals surface area contributed by atoms with E-state index in [0.29, 0.717) is 11.5 Å². The Morgan fingerprint density at radius 2 is 2.00 bits per heavy atom. The minimum atomic E-state index is 0.306. The Morgan fingerprint density at radius 3 is 2.59 bits per heavy atom. The van der Waals surface area contributed by atoms with Crippen LogP contribution in [0.3, 0.4) is 0 Å². The summed E-state index contributed by atoms with van der Waals surface area (Å²) >= 11 is 0. The van der Waals surface area contributed by atoms with Gasteiger partial charge in [0.15, 0.2) is 0 Å². The van der Waals surface area contributed by atoms with E-state index >= 15 is 0 Å². The predicted molar refractivity (Wildman–Crippen MR) is 67.5 cm³/mol. The van der Waals surface area contributed by atoms with E-state index in [1.54, 1.807) is 0 Å². The third-order valence-corrected chi connectivity index (χ3v) is 5.21. The number of azide groups is 1. The van der Waals surface area contributed by atoms with Crippen LogP contribution in [0.15, 0.2) is 5.11 Å². The molecule has 1 heterocycles. The number of hydrogen-bond donors (Lipinski definition) is 1. The van der Waals surface area contributed by atoms with Crippen LogP contribution in [0.25, 0.3) is 10.4 Å². The molecule has 1 spiro atoms. The number of nitrogens with zero attached hydrogens (tertiary/aromatic N) is 3. The second-order valence-corrected chi connectivity index (χ2v) is 6.63. The van der Waals surface area contributed by atoms with Crippen molar-refractivity contribution in [2.75, 3.05) is 6.54 Å². The highest BCUT2D eigenvalue weighted by atomic mass is 15.2. The van der Waals surface area contributed by atoms with E-state index in [1.165, 1.54) is 32.2 Å². The molecule has 3 fully saturated rings. The van der Waals surface area contributed by atoms with Crippen molar-refractivity contribution < 1.29 is 0 Å². The summed E-state index contributed by atoms with van der Waals surface area (Å²) in [7, 11) is 0. The molecule has 17 heavy (non-hydrogen) atoms. The van der Waals surface area contributed by atoms with Crippen LogP contribution in [-0.2, 0) is 0 Å². The first kappa shape index (κ1) is 11.4. The molecule has 4 nitrogen and oxygen atoms in total. The van der Waals surface area contributed by atoms with Crippen LogP contribution < -0.4 is 5.32 Å². The highest BCUT2D eigenvalue weighted by molar-refractivity contribution is 5.08. The van der Waals surface area contributed by atoms with Gasteiger partial charge in [-0.25, -0.2) is 0 Å². The van der Waals surface area contributed by atoms with Crippen molar-refractivity contribution in [1.29, 1.82) is 0 Å². The lowest BCUT2D eigenvalue weighted by molar-refractivity contribution is -0.0573. The molecule has 0 radical (unpaired) electrons. The smallest absolute Gasteiger partial charge is 0.0384 e. The molecule has 0 unspecified atom stereocenters. The molecule has 2 saturated carbocycles. The number of rotatable bonds is 2. The largest absolute Gasteiger partial charge is 0.313 e. The van der Waals surface area contributed by atoms with Crippen molar-refractivity contribution >= 4 is 0 Å². The molecule has 3 rings (SSSR count).